The molecule has 23 N–H and O–H groups in total. The Hall–Kier alpha value is -3.27. The third-order valence-corrected chi connectivity index (χ3v) is 15.6. The Kier molecular flexibility index (Phi) is 29.5. The van der Waals surface area contributed by atoms with Crippen LogP contribution in [0.4, 0.5) is 17.1 Å². The highest BCUT2D eigenvalue weighted by Gasteiger charge is 2.41. The van der Waals surface area contributed by atoms with Crippen molar-refractivity contribution in [1.29, 1.82) is 0 Å². The number of carbonyl (C=O) groups is 4. The predicted molar refractivity (Wildman–Crippen MR) is 303 cm³/mol. The summed E-state index contributed by atoms with van der Waals surface area (Å²) in [6.07, 6.45) is -36.4. The molecule has 3 aromatic carbocycles. The monoisotopic (exact) mass is 1480 g/mol. The van der Waals surface area contributed by atoms with Crippen LogP contribution in [0.25, 0.3) is 0 Å². The van der Waals surface area contributed by atoms with Crippen LogP contribution in [-0.4, -0.2) is 292 Å². The molecular formula is C48H68I3N5O24. The Balaban J connectivity index is 2.29. The minimum Gasteiger partial charge on any atom is -0.394 e. The Bertz CT molecular complexity index is 2310. The van der Waals surface area contributed by atoms with Gasteiger partial charge in [0.15, 0.2) is 0 Å². The second-order valence-corrected chi connectivity index (χ2v) is 21.7. The Morgan fingerprint density at radius 3 is 1.02 bits per heavy atom. The van der Waals surface area contributed by atoms with E-state index >= 15 is 9.59 Å². The molecule has 0 bridgehead atoms. The molecule has 3 rings (SSSR count). The number of nitrogens with one attached hydrogen (secondary N) is 3. The molecule has 0 saturated heterocycles. The molecule has 0 aliphatic carbocycles. The topological polar surface area (TPSA) is 515 Å². The average Bonchev–Trinajstić information content (AvgIpc) is 3.44. The number of amides is 4. The summed E-state index contributed by atoms with van der Waals surface area (Å²) in [7, 11) is 0. The van der Waals surface area contributed by atoms with Gasteiger partial charge in [-0.2, -0.15) is 0 Å². The maximum absolute atomic E-state index is 15.1. The van der Waals surface area contributed by atoms with Gasteiger partial charge in [0.25, 0.3) is 17.7 Å². The summed E-state index contributed by atoms with van der Waals surface area (Å²) in [6, 6.07) is 13.6. The molecule has 0 heterocycles. The lowest BCUT2D eigenvalue weighted by Crippen LogP contribution is -2.55. The van der Waals surface area contributed by atoms with Crippen LogP contribution in [0.1, 0.15) is 36.6 Å². The van der Waals surface area contributed by atoms with Crippen LogP contribution in [0.15, 0.2) is 48.5 Å². The van der Waals surface area contributed by atoms with E-state index in [2.05, 4.69) is 16.0 Å². The summed E-state index contributed by atoms with van der Waals surface area (Å²) in [5, 5.41) is 215. The highest BCUT2D eigenvalue weighted by Crippen LogP contribution is 2.38. The Morgan fingerprint density at radius 1 is 0.438 bits per heavy atom. The van der Waals surface area contributed by atoms with Crippen LogP contribution in [0.5, 0.6) is 0 Å². The first kappa shape index (κ1) is 71.0. The number of hydrogen-bond donors (Lipinski definition) is 23. The van der Waals surface area contributed by atoms with Gasteiger partial charge in [0, 0.05) is 46.7 Å². The van der Waals surface area contributed by atoms with Crippen molar-refractivity contribution in [3.63, 3.8) is 0 Å². The molecule has 16 atom stereocenters. The summed E-state index contributed by atoms with van der Waals surface area (Å²) in [6.45, 7) is -8.23. The van der Waals surface area contributed by atoms with Gasteiger partial charge < -0.3 is 128 Å². The van der Waals surface area contributed by atoms with E-state index in [1.165, 1.54) is 79.9 Å². The van der Waals surface area contributed by atoms with Gasteiger partial charge in [-0.3, -0.25) is 19.2 Å². The Morgan fingerprint density at radius 2 is 0.725 bits per heavy atom. The number of carbonyl (C=O) groups excluding carboxylic acids is 4. The third kappa shape index (κ3) is 19.1. The molecule has 4 amide bonds. The fraction of sp³-hybridized carbons (Fsp3) is 0.542. The molecule has 0 radical (unpaired) electrons. The smallest absolute Gasteiger partial charge is 0.256 e. The van der Waals surface area contributed by atoms with Crippen molar-refractivity contribution in [2.75, 3.05) is 69.8 Å². The standard InChI is InChI=1S/C48H68I3N5O24/c1-19-2-6-21(7-3-19)53-22-8-4-20(5-9-22)46(78)52-10-31(69)54-37-35(50)32(47(79)55(11-23(61)38(70)42(74)27(65)15-57)12-24(62)39(71)43(75)28(66)16-58)34(49)33(36(37)51)48(80)56(13-25(63)40(72)44(76)29(67)17-59)14-26(64)41(73)45(77)30(68)18-60/h2-9,23-30,38-45,53,57-68,70-77H,10-18H2,1H3,(H,52,78)(H,54,69). The highest BCUT2D eigenvalue weighted by molar-refractivity contribution is 14.1. The summed E-state index contributed by atoms with van der Waals surface area (Å²) >= 11 is 4.48. The van der Waals surface area contributed by atoms with E-state index in [-0.39, 0.29) is 12.7 Å². The van der Waals surface area contributed by atoms with Crippen molar-refractivity contribution in [3.05, 3.63) is 81.5 Å². The van der Waals surface area contributed by atoms with Crippen LogP contribution in [-0.2, 0) is 4.79 Å². The first-order valence-electron chi connectivity index (χ1n) is 24.1. The zero-order valence-corrected chi connectivity index (χ0v) is 48.8. The molecule has 0 spiro atoms. The van der Waals surface area contributed by atoms with E-state index in [0.717, 1.165) is 11.3 Å². The van der Waals surface area contributed by atoms with Gasteiger partial charge in [-0.15, -0.1) is 0 Å². The van der Waals surface area contributed by atoms with Gasteiger partial charge in [-0.1, -0.05) is 17.7 Å². The van der Waals surface area contributed by atoms with Crippen LogP contribution in [0, 0.1) is 17.6 Å². The van der Waals surface area contributed by atoms with Gasteiger partial charge in [0.1, 0.15) is 97.7 Å². The molecule has 32 heteroatoms. The number of benzene rings is 3. The molecular weight excluding hydrogens is 1410 g/mol. The quantitative estimate of drug-likeness (QED) is 0.0258. The SMILES string of the molecule is Cc1ccc(Nc2ccc(C(=O)NCC(=O)Nc3c(I)c(C(=O)N(CC(O)C(O)C(O)C(O)CO)CC(O)C(O)C(O)C(O)CO)c(I)c(C(=O)N(CC(O)C(O)C(O)C(O)CO)CC(O)C(O)C(O)C(O)CO)c3I)cc2)cc1. The normalized spacial score (nSPS) is 17.9. The minimum absolute atomic E-state index is 0.0967. The van der Waals surface area contributed by atoms with E-state index in [1.807, 2.05) is 31.2 Å². The molecule has 450 valence electrons. The van der Waals surface area contributed by atoms with Crippen LogP contribution < -0.4 is 16.0 Å². The second-order valence-electron chi connectivity index (χ2n) is 18.5. The van der Waals surface area contributed by atoms with E-state index < -0.39 is 201 Å². The summed E-state index contributed by atoms with van der Waals surface area (Å²) in [5.74, 6) is -4.59. The van der Waals surface area contributed by atoms with Gasteiger partial charge in [-0.25, -0.2) is 0 Å². The van der Waals surface area contributed by atoms with Crippen molar-refractivity contribution in [1.82, 2.24) is 15.1 Å². The summed E-state index contributed by atoms with van der Waals surface area (Å²) < 4.78 is -1.05. The molecule has 80 heavy (non-hydrogen) atoms. The average molecular weight is 1480 g/mol. The van der Waals surface area contributed by atoms with E-state index in [1.54, 1.807) is 12.1 Å². The number of rotatable bonds is 32. The van der Waals surface area contributed by atoms with E-state index in [4.69, 9.17) is 0 Å². The van der Waals surface area contributed by atoms with E-state index in [9.17, 15) is 112 Å². The molecule has 0 aromatic heterocycles. The van der Waals surface area contributed by atoms with E-state index in [0.29, 0.717) is 15.5 Å². The van der Waals surface area contributed by atoms with Crippen molar-refractivity contribution < 1.29 is 121 Å². The van der Waals surface area contributed by atoms with Crippen LogP contribution >= 0.6 is 67.8 Å². The first-order chi connectivity index (χ1) is 37.5. The van der Waals surface area contributed by atoms with Gasteiger partial charge in [0.05, 0.1) is 56.9 Å². The lowest BCUT2D eigenvalue weighted by Gasteiger charge is -2.35. The molecule has 0 saturated carbocycles. The summed E-state index contributed by atoms with van der Waals surface area (Å²) in [5.41, 5.74) is 0.716. The van der Waals surface area contributed by atoms with Gasteiger partial charge in [0.2, 0.25) is 5.91 Å². The molecule has 0 aliphatic rings. The fourth-order valence-corrected chi connectivity index (χ4v) is 11.8. The van der Waals surface area contributed by atoms with Crippen molar-refractivity contribution in [3.8, 4) is 0 Å². The largest absolute Gasteiger partial charge is 0.394 e. The van der Waals surface area contributed by atoms with Crippen molar-refractivity contribution in [2.24, 2.45) is 0 Å². The number of halogens is 3. The molecule has 16 unspecified atom stereocenters. The lowest BCUT2D eigenvalue weighted by molar-refractivity contribution is -0.127. The fourth-order valence-electron chi connectivity index (χ4n) is 7.49. The van der Waals surface area contributed by atoms with Crippen LogP contribution in [0.3, 0.4) is 0 Å². The van der Waals surface area contributed by atoms with Gasteiger partial charge in [-0.05, 0) is 111 Å². The molecule has 3 aromatic rings. The molecule has 0 fully saturated rings. The molecule has 0 aliphatic heterocycles. The zero-order valence-electron chi connectivity index (χ0n) is 42.3. The lowest BCUT2D eigenvalue weighted by atomic mass is 9.99. The van der Waals surface area contributed by atoms with Crippen LogP contribution in [0.2, 0.25) is 0 Å². The number of nitrogens with zero attached hydrogens (tertiary/aromatic N) is 2. The summed E-state index contributed by atoms with van der Waals surface area (Å²) in [4.78, 5) is 58.4. The van der Waals surface area contributed by atoms with Crippen molar-refractivity contribution in [2.45, 2.75) is 105 Å². The van der Waals surface area contributed by atoms with Crippen molar-refractivity contribution >= 4 is 108 Å². The Labute approximate surface area is 497 Å². The number of anilines is 3. The minimum atomic E-state index is -2.40. The predicted octanol–water partition coefficient (Wildman–Crippen LogP) is -7.45. The van der Waals surface area contributed by atoms with Gasteiger partial charge >= 0.3 is 0 Å². The number of aliphatic hydroxyl groups is 20. The highest BCUT2D eigenvalue weighted by atomic mass is 127. The second kappa shape index (κ2) is 33.3. The maximum atomic E-state index is 15.1. The number of hydrogen-bond acceptors (Lipinski definition) is 25. The maximum Gasteiger partial charge on any atom is 0.256 e. The number of aliphatic hydroxyl groups excluding tert-OH is 20. The molecule has 29 nitrogen and oxygen atoms in total. The first-order valence-corrected chi connectivity index (χ1v) is 27.3. The number of aryl methyl sites for hydroxylation is 1. The third-order valence-electron chi connectivity index (χ3n) is 12.4. The zero-order chi connectivity index (χ0) is 60.6.